The summed E-state index contributed by atoms with van der Waals surface area (Å²) >= 11 is 6.05. The zero-order chi connectivity index (χ0) is 18.4. The molecule has 0 spiro atoms. The molecule has 25 heavy (non-hydrogen) atoms. The summed E-state index contributed by atoms with van der Waals surface area (Å²) in [6.07, 6.45) is -0.224. The average molecular weight is 358 g/mol. The van der Waals surface area contributed by atoms with Gasteiger partial charge < -0.3 is 15.4 Å². The van der Waals surface area contributed by atoms with Crippen LogP contribution < -0.4 is 15.4 Å². The molecule has 0 unspecified atom stereocenters. The average Bonchev–Trinajstić information content (AvgIpc) is 2.58. The van der Waals surface area contributed by atoms with E-state index < -0.39 is 5.91 Å². The van der Waals surface area contributed by atoms with E-state index in [-0.39, 0.29) is 12.3 Å². The van der Waals surface area contributed by atoms with Gasteiger partial charge in [0.05, 0.1) is 18.9 Å². The van der Waals surface area contributed by atoms with Gasteiger partial charge in [-0.2, -0.15) is 5.26 Å². The predicted octanol–water partition coefficient (Wildman–Crippen LogP) is 3.76. The van der Waals surface area contributed by atoms with Gasteiger partial charge in [-0.15, -0.1) is 0 Å². The minimum atomic E-state index is -0.402. The van der Waals surface area contributed by atoms with Crippen molar-refractivity contribution in [3.8, 4) is 11.8 Å². The van der Waals surface area contributed by atoms with Crippen LogP contribution in [0.3, 0.4) is 0 Å². The molecule has 0 fully saturated rings. The van der Waals surface area contributed by atoms with Gasteiger partial charge in [-0.1, -0.05) is 11.6 Å². The number of carbonyl (C=O) groups is 2. The van der Waals surface area contributed by atoms with Gasteiger partial charge in [0.1, 0.15) is 12.2 Å². The monoisotopic (exact) mass is 357 g/mol. The van der Waals surface area contributed by atoms with Gasteiger partial charge in [-0.25, -0.2) is 0 Å². The van der Waals surface area contributed by atoms with Crippen LogP contribution in [0.25, 0.3) is 0 Å². The Morgan fingerprint density at radius 3 is 2.48 bits per heavy atom. The highest BCUT2D eigenvalue weighted by Gasteiger charge is 2.12. The molecular weight excluding hydrogens is 342 g/mol. The number of benzene rings is 2. The normalized spacial score (nSPS) is 9.84. The maximum absolute atomic E-state index is 12.4. The van der Waals surface area contributed by atoms with Crippen LogP contribution in [0.2, 0.25) is 5.02 Å². The Hall–Kier alpha value is -3.04. The maximum atomic E-state index is 12.4. The summed E-state index contributed by atoms with van der Waals surface area (Å²) in [5.41, 5.74) is 2.25. The Morgan fingerprint density at radius 2 is 1.88 bits per heavy atom. The summed E-state index contributed by atoms with van der Waals surface area (Å²) < 4.78 is 5.23. The molecule has 0 aliphatic carbocycles. The van der Waals surface area contributed by atoms with Gasteiger partial charge in [-0.05, 0) is 42.8 Å². The molecule has 2 rings (SSSR count). The Morgan fingerprint density at radius 1 is 1.20 bits per heavy atom. The molecule has 0 radical (unpaired) electrons. The van der Waals surface area contributed by atoms with Crippen molar-refractivity contribution in [1.29, 1.82) is 5.26 Å². The second-order valence-electron chi connectivity index (χ2n) is 5.22. The maximum Gasteiger partial charge on any atom is 0.255 e. The van der Waals surface area contributed by atoms with Gasteiger partial charge in [0.2, 0.25) is 5.91 Å². The van der Waals surface area contributed by atoms with Crippen LogP contribution in [0.15, 0.2) is 36.4 Å². The Kier molecular flexibility index (Phi) is 5.98. The lowest BCUT2D eigenvalue weighted by molar-refractivity contribution is -0.115. The van der Waals surface area contributed by atoms with E-state index in [4.69, 9.17) is 21.6 Å². The van der Waals surface area contributed by atoms with E-state index in [2.05, 4.69) is 10.6 Å². The third-order valence-corrected chi connectivity index (χ3v) is 3.81. The van der Waals surface area contributed by atoms with Crippen molar-refractivity contribution in [2.24, 2.45) is 0 Å². The minimum absolute atomic E-state index is 0.224. The lowest BCUT2D eigenvalue weighted by Gasteiger charge is -2.12. The summed E-state index contributed by atoms with van der Waals surface area (Å²) in [5.74, 6) is -0.264. The minimum Gasteiger partial charge on any atom is -0.495 e. The van der Waals surface area contributed by atoms with Gasteiger partial charge in [-0.3, -0.25) is 9.59 Å². The molecule has 2 amide bonds. The van der Waals surface area contributed by atoms with Gasteiger partial charge in [0.15, 0.2) is 0 Å². The zero-order valence-electron chi connectivity index (χ0n) is 13.7. The Balaban J connectivity index is 2.13. The molecule has 0 saturated heterocycles. The number of anilines is 2. The third-order valence-electron chi connectivity index (χ3n) is 3.40. The van der Waals surface area contributed by atoms with Gasteiger partial charge in [0.25, 0.3) is 5.91 Å². The lowest BCUT2D eigenvalue weighted by Crippen LogP contribution is -2.14. The van der Waals surface area contributed by atoms with Crippen LogP contribution in [-0.4, -0.2) is 18.9 Å². The largest absolute Gasteiger partial charge is 0.495 e. The number of amides is 2. The summed E-state index contributed by atoms with van der Waals surface area (Å²) in [5, 5.41) is 14.4. The highest BCUT2D eigenvalue weighted by molar-refractivity contribution is 6.31. The van der Waals surface area contributed by atoms with E-state index >= 15 is 0 Å². The molecule has 128 valence electrons. The molecule has 7 heteroatoms. The first-order valence-electron chi connectivity index (χ1n) is 7.37. The van der Waals surface area contributed by atoms with E-state index in [9.17, 15) is 9.59 Å². The van der Waals surface area contributed by atoms with Crippen molar-refractivity contribution in [2.45, 2.75) is 13.3 Å². The molecule has 6 nitrogen and oxygen atoms in total. The third kappa shape index (κ3) is 4.72. The molecule has 0 aliphatic rings. The molecule has 0 heterocycles. The van der Waals surface area contributed by atoms with Crippen LogP contribution in [-0.2, 0) is 4.79 Å². The molecule has 0 bridgehead atoms. The van der Waals surface area contributed by atoms with Crippen LogP contribution in [0.5, 0.6) is 5.75 Å². The Labute approximate surface area is 150 Å². The SMILES string of the molecule is COc1cc(Cl)c(C)cc1NC(=O)c1ccc(NC(=O)CC#N)cc1. The number of carbonyl (C=O) groups excluding carboxylic acids is 2. The highest BCUT2D eigenvalue weighted by atomic mass is 35.5. The molecular formula is C18H16ClN3O3. The van der Waals surface area contributed by atoms with Gasteiger partial charge in [0, 0.05) is 22.3 Å². The smallest absolute Gasteiger partial charge is 0.255 e. The van der Waals surface area contributed by atoms with Crippen molar-refractivity contribution in [1.82, 2.24) is 0 Å². The standard InChI is InChI=1S/C18H16ClN3O3/c1-11-9-15(16(25-2)10-14(11)19)22-18(24)12-3-5-13(6-4-12)21-17(23)7-8-20/h3-6,9-10H,7H2,1-2H3,(H,21,23)(H,22,24). The van der Waals surface area contributed by atoms with Crippen LogP contribution >= 0.6 is 11.6 Å². The Bertz CT molecular complexity index is 842. The molecule has 2 N–H and O–H groups in total. The number of halogens is 1. The number of hydrogen-bond donors (Lipinski definition) is 2. The first kappa shape index (κ1) is 18.3. The fraction of sp³-hybridized carbons (Fsp3) is 0.167. The van der Waals surface area contributed by atoms with Crippen LogP contribution in [0.1, 0.15) is 22.3 Å². The number of ether oxygens (including phenoxy) is 1. The van der Waals surface area contributed by atoms with Crippen LogP contribution in [0, 0.1) is 18.3 Å². The van der Waals surface area contributed by atoms with Gasteiger partial charge >= 0.3 is 0 Å². The van der Waals surface area contributed by atoms with Crippen molar-refractivity contribution in [3.63, 3.8) is 0 Å². The molecule has 0 aromatic heterocycles. The number of hydrogen-bond acceptors (Lipinski definition) is 4. The van der Waals surface area contributed by atoms with Crippen molar-refractivity contribution in [2.75, 3.05) is 17.7 Å². The second-order valence-corrected chi connectivity index (χ2v) is 5.62. The first-order valence-corrected chi connectivity index (χ1v) is 7.74. The number of aryl methyl sites for hydroxylation is 1. The van der Waals surface area contributed by atoms with Crippen molar-refractivity contribution >= 4 is 34.8 Å². The van der Waals surface area contributed by atoms with Crippen molar-refractivity contribution < 1.29 is 14.3 Å². The molecule has 0 atom stereocenters. The fourth-order valence-corrected chi connectivity index (χ4v) is 2.26. The summed E-state index contributed by atoms with van der Waals surface area (Å²) in [6.45, 7) is 1.83. The number of rotatable bonds is 5. The highest BCUT2D eigenvalue weighted by Crippen LogP contribution is 2.31. The fourth-order valence-electron chi connectivity index (χ4n) is 2.11. The van der Waals surface area contributed by atoms with Crippen LogP contribution in [0.4, 0.5) is 11.4 Å². The van der Waals surface area contributed by atoms with E-state index in [0.29, 0.717) is 27.7 Å². The number of nitrogens with zero attached hydrogens (tertiary/aromatic N) is 1. The summed E-state index contributed by atoms with van der Waals surface area (Å²) in [6, 6.07) is 11.5. The first-order chi connectivity index (χ1) is 11.9. The number of methoxy groups -OCH3 is 1. The quantitative estimate of drug-likeness (QED) is 0.852. The molecule has 0 saturated carbocycles. The second kappa shape index (κ2) is 8.18. The topological polar surface area (TPSA) is 91.2 Å². The van der Waals surface area contributed by atoms with E-state index in [1.54, 1.807) is 42.5 Å². The zero-order valence-corrected chi connectivity index (χ0v) is 14.5. The summed E-state index contributed by atoms with van der Waals surface area (Å²) in [7, 11) is 1.50. The van der Waals surface area contributed by atoms with Crippen molar-refractivity contribution in [3.05, 3.63) is 52.5 Å². The predicted molar refractivity (Wildman–Crippen MR) is 96.0 cm³/mol. The molecule has 2 aromatic carbocycles. The number of nitriles is 1. The molecule has 2 aromatic rings. The lowest BCUT2D eigenvalue weighted by atomic mass is 10.1. The number of nitrogens with one attached hydrogen (secondary N) is 2. The van der Waals surface area contributed by atoms with E-state index in [0.717, 1.165) is 5.56 Å². The van der Waals surface area contributed by atoms with E-state index in [1.165, 1.54) is 7.11 Å². The molecule has 0 aliphatic heterocycles. The van der Waals surface area contributed by atoms with E-state index in [1.807, 2.05) is 6.92 Å². The summed E-state index contributed by atoms with van der Waals surface area (Å²) in [4.78, 5) is 23.7.